The Morgan fingerprint density at radius 3 is 2.38 bits per heavy atom. The molecule has 5 N–H and O–H groups in total. The molecule has 0 saturated carbocycles. The molecule has 0 aliphatic carbocycles. The summed E-state index contributed by atoms with van der Waals surface area (Å²) in [5.41, 5.74) is 12.8. The summed E-state index contributed by atoms with van der Waals surface area (Å²) in [7, 11) is 0. The van der Waals surface area contributed by atoms with E-state index in [0.29, 0.717) is 16.3 Å². The zero-order chi connectivity index (χ0) is 12.5. The van der Waals surface area contributed by atoms with Gasteiger partial charge >= 0.3 is 0 Å². The SMILES string of the molecule is CC(C)(C)[C@@H](O)[C@@H](N)c1cc(Cl)ccc1N. The zero-order valence-corrected chi connectivity index (χ0v) is 10.6. The lowest BCUT2D eigenvalue weighted by Crippen LogP contribution is -2.37. The minimum Gasteiger partial charge on any atom is -0.398 e. The third kappa shape index (κ3) is 2.88. The number of aliphatic hydroxyl groups is 1. The third-order valence-electron chi connectivity index (χ3n) is 2.64. The fourth-order valence-electron chi connectivity index (χ4n) is 1.54. The third-order valence-corrected chi connectivity index (χ3v) is 2.87. The molecule has 4 heteroatoms. The van der Waals surface area contributed by atoms with Gasteiger partial charge in [0.15, 0.2) is 0 Å². The molecule has 0 heterocycles. The molecule has 0 fully saturated rings. The Bertz CT molecular complexity index is 374. The number of anilines is 1. The minimum absolute atomic E-state index is 0.297. The van der Waals surface area contributed by atoms with Crippen molar-refractivity contribution in [2.75, 3.05) is 5.73 Å². The van der Waals surface area contributed by atoms with Gasteiger partial charge in [-0.15, -0.1) is 0 Å². The number of aliphatic hydroxyl groups excluding tert-OH is 1. The van der Waals surface area contributed by atoms with Crippen LogP contribution in [-0.2, 0) is 0 Å². The summed E-state index contributed by atoms with van der Waals surface area (Å²) in [4.78, 5) is 0. The molecule has 16 heavy (non-hydrogen) atoms. The molecule has 0 radical (unpaired) electrons. The van der Waals surface area contributed by atoms with E-state index in [1.165, 1.54) is 0 Å². The van der Waals surface area contributed by atoms with Crippen LogP contribution in [0.4, 0.5) is 5.69 Å². The number of halogens is 1. The molecule has 0 unspecified atom stereocenters. The first-order chi connectivity index (χ1) is 7.23. The maximum Gasteiger partial charge on any atom is 0.0781 e. The topological polar surface area (TPSA) is 72.3 Å². The van der Waals surface area contributed by atoms with Crippen LogP contribution in [0.1, 0.15) is 32.4 Å². The van der Waals surface area contributed by atoms with Crippen LogP contribution in [0.5, 0.6) is 0 Å². The van der Waals surface area contributed by atoms with Crippen LogP contribution in [0, 0.1) is 5.41 Å². The molecule has 90 valence electrons. The highest BCUT2D eigenvalue weighted by atomic mass is 35.5. The van der Waals surface area contributed by atoms with Crippen molar-refractivity contribution in [2.24, 2.45) is 11.1 Å². The van der Waals surface area contributed by atoms with Gasteiger partial charge in [0.2, 0.25) is 0 Å². The normalized spacial score (nSPS) is 15.9. The lowest BCUT2D eigenvalue weighted by Gasteiger charge is -2.31. The number of nitrogen functional groups attached to an aromatic ring is 1. The molecule has 0 aliphatic rings. The Hall–Kier alpha value is -0.770. The van der Waals surface area contributed by atoms with Gasteiger partial charge < -0.3 is 16.6 Å². The summed E-state index contributed by atoms with van der Waals surface area (Å²) in [5, 5.41) is 10.7. The Balaban J connectivity index is 3.05. The summed E-state index contributed by atoms with van der Waals surface area (Å²) in [6, 6.07) is 4.58. The molecule has 0 spiro atoms. The molecule has 0 bridgehead atoms. The lowest BCUT2D eigenvalue weighted by molar-refractivity contribution is 0.0403. The van der Waals surface area contributed by atoms with E-state index in [1.807, 2.05) is 20.8 Å². The Morgan fingerprint density at radius 2 is 1.88 bits per heavy atom. The molecule has 3 nitrogen and oxygen atoms in total. The van der Waals surface area contributed by atoms with E-state index >= 15 is 0 Å². The monoisotopic (exact) mass is 242 g/mol. The molecule has 0 saturated heterocycles. The number of hydrogen-bond acceptors (Lipinski definition) is 3. The van der Waals surface area contributed by atoms with Gasteiger partial charge in [-0.25, -0.2) is 0 Å². The van der Waals surface area contributed by atoms with Crippen molar-refractivity contribution in [2.45, 2.75) is 32.9 Å². The van der Waals surface area contributed by atoms with E-state index < -0.39 is 12.1 Å². The van der Waals surface area contributed by atoms with Gasteiger partial charge in [0.05, 0.1) is 12.1 Å². The largest absolute Gasteiger partial charge is 0.398 e. The first-order valence-corrected chi connectivity index (χ1v) is 5.60. The van der Waals surface area contributed by atoms with Gasteiger partial charge in [0.25, 0.3) is 0 Å². The van der Waals surface area contributed by atoms with Gasteiger partial charge in [-0.2, -0.15) is 0 Å². The fraction of sp³-hybridized carbons (Fsp3) is 0.500. The molecule has 0 amide bonds. The van der Waals surface area contributed by atoms with Crippen LogP contribution >= 0.6 is 11.6 Å². The predicted molar refractivity (Wildman–Crippen MR) is 68.3 cm³/mol. The van der Waals surface area contributed by atoms with Crippen molar-refractivity contribution in [1.82, 2.24) is 0 Å². The van der Waals surface area contributed by atoms with Gasteiger partial charge in [-0.05, 0) is 29.2 Å². The molecule has 2 atom stereocenters. The summed E-state index contributed by atoms with van der Waals surface area (Å²) in [6.07, 6.45) is -0.673. The smallest absolute Gasteiger partial charge is 0.0781 e. The van der Waals surface area contributed by atoms with Crippen LogP contribution in [0.15, 0.2) is 18.2 Å². The maximum atomic E-state index is 10.1. The van der Waals surface area contributed by atoms with E-state index in [2.05, 4.69) is 0 Å². The molecule has 1 aromatic carbocycles. The maximum absolute atomic E-state index is 10.1. The first-order valence-electron chi connectivity index (χ1n) is 5.22. The van der Waals surface area contributed by atoms with Crippen molar-refractivity contribution in [3.05, 3.63) is 28.8 Å². The van der Waals surface area contributed by atoms with E-state index in [-0.39, 0.29) is 5.41 Å². The average Bonchev–Trinajstić information content (AvgIpc) is 2.18. The highest BCUT2D eigenvalue weighted by molar-refractivity contribution is 6.30. The fourth-order valence-corrected chi connectivity index (χ4v) is 1.72. The second kappa shape index (κ2) is 4.62. The van der Waals surface area contributed by atoms with Crippen LogP contribution < -0.4 is 11.5 Å². The van der Waals surface area contributed by atoms with Crippen molar-refractivity contribution < 1.29 is 5.11 Å². The molecule has 1 rings (SSSR count). The standard InChI is InChI=1S/C12H19ClN2O/c1-12(2,3)11(16)10(15)8-6-7(13)4-5-9(8)14/h4-6,10-11,16H,14-15H2,1-3H3/t10-,11-/m0/s1. The molecule has 0 aromatic heterocycles. The zero-order valence-electron chi connectivity index (χ0n) is 9.87. The highest BCUT2D eigenvalue weighted by Crippen LogP contribution is 2.32. The van der Waals surface area contributed by atoms with Gasteiger partial charge in [-0.3, -0.25) is 0 Å². The van der Waals surface area contributed by atoms with Crippen molar-refractivity contribution in [3.8, 4) is 0 Å². The summed E-state index contributed by atoms with van der Waals surface area (Å²) >= 11 is 5.89. The first kappa shape index (κ1) is 13.3. The van der Waals surface area contributed by atoms with Crippen molar-refractivity contribution >= 4 is 17.3 Å². The molecular weight excluding hydrogens is 224 g/mol. The number of hydrogen-bond donors (Lipinski definition) is 3. The van der Waals surface area contributed by atoms with Crippen molar-refractivity contribution in [1.29, 1.82) is 0 Å². The van der Waals surface area contributed by atoms with E-state index in [4.69, 9.17) is 23.1 Å². The summed E-state index contributed by atoms with van der Waals surface area (Å²) in [5.74, 6) is 0. The Morgan fingerprint density at radius 1 is 1.31 bits per heavy atom. The number of rotatable bonds is 2. The Kier molecular flexibility index (Phi) is 3.84. The van der Waals surface area contributed by atoms with E-state index in [1.54, 1.807) is 18.2 Å². The average molecular weight is 243 g/mol. The van der Waals surface area contributed by atoms with Gasteiger partial charge in [0, 0.05) is 10.7 Å². The number of benzene rings is 1. The van der Waals surface area contributed by atoms with Crippen molar-refractivity contribution in [3.63, 3.8) is 0 Å². The van der Waals surface area contributed by atoms with E-state index in [9.17, 15) is 5.11 Å². The minimum atomic E-state index is -0.673. The van der Waals surface area contributed by atoms with E-state index in [0.717, 1.165) is 0 Å². The van der Waals surface area contributed by atoms with Gasteiger partial charge in [-0.1, -0.05) is 32.4 Å². The van der Waals surface area contributed by atoms with Crippen LogP contribution in [-0.4, -0.2) is 11.2 Å². The second-order valence-corrected chi connectivity index (χ2v) is 5.55. The van der Waals surface area contributed by atoms with Crippen LogP contribution in [0.3, 0.4) is 0 Å². The quantitative estimate of drug-likeness (QED) is 0.697. The van der Waals surface area contributed by atoms with Crippen LogP contribution in [0.2, 0.25) is 5.02 Å². The summed E-state index contributed by atoms with van der Waals surface area (Å²) in [6.45, 7) is 5.79. The molecule has 0 aliphatic heterocycles. The summed E-state index contributed by atoms with van der Waals surface area (Å²) < 4.78 is 0. The lowest BCUT2D eigenvalue weighted by atomic mass is 9.82. The predicted octanol–water partition coefficient (Wildman–Crippen LogP) is 2.33. The number of nitrogens with two attached hydrogens (primary N) is 2. The highest BCUT2D eigenvalue weighted by Gasteiger charge is 2.30. The van der Waals surface area contributed by atoms with Crippen LogP contribution in [0.25, 0.3) is 0 Å². The van der Waals surface area contributed by atoms with Gasteiger partial charge in [0.1, 0.15) is 0 Å². The molecular formula is C12H19ClN2O. The second-order valence-electron chi connectivity index (χ2n) is 5.11. The Labute approximate surface area is 101 Å². The molecule has 1 aromatic rings.